The Morgan fingerprint density at radius 2 is 1.67 bits per heavy atom. The number of halogens is 1. The normalized spacial score (nSPS) is 10.8. The lowest BCUT2D eigenvalue weighted by Crippen LogP contribution is -2.05. The van der Waals surface area contributed by atoms with Gasteiger partial charge in [-0.15, -0.1) is 0 Å². The second-order valence-corrected chi connectivity index (χ2v) is 6.72. The van der Waals surface area contributed by atoms with Crippen molar-refractivity contribution in [2.45, 2.75) is 20.8 Å². The van der Waals surface area contributed by atoms with Crippen molar-refractivity contribution >= 4 is 11.3 Å². The molecule has 0 amide bonds. The van der Waals surface area contributed by atoms with Crippen molar-refractivity contribution < 1.29 is 9.50 Å². The average Bonchev–Trinajstić information content (AvgIpc) is 2.49. The number of rotatable bonds is 2. The van der Waals surface area contributed by atoms with Crippen LogP contribution in [0.5, 0.6) is 5.88 Å². The van der Waals surface area contributed by atoms with Gasteiger partial charge in [0.15, 0.2) is 0 Å². The summed E-state index contributed by atoms with van der Waals surface area (Å²) in [6.45, 7) is 5.76. The topological polar surface area (TPSA) is 50.2 Å². The third kappa shape index (κ3) is 2.83. The highest BCUT2D eigenvalue weighted by atomic mass is 32.1. The minimum atomic E-state index is -0.476. The minimum Gasteiger partial charge on any atom is -0.493 e. The summed E-state index contributed by atoms with van der Waals surface area (Å²) in [5.74, 6) is -0.845. The van der Waals surface area contributed by atoms with Gasteiger partial charge in [0, 0.05) is 5.56 Å². The number of hydrogen-bond acceptors (Lipinski definition) is 4. The molecule has 1 aromatic heterocycles. The Morgan fingerprint density at radius 3 is 2.25 bits per heavy atom. The van der Waals surface area contributed by atoms with E-state index in [0.29, 0.717) is 5.56 Å². The van der Waals surface area contributed by atoms with Gasteiger partial charge in [0.1, 0.15) is 16.4 Å². The summed E-state index contributed by atoms with van der Waals surface area (Å²) in [6, 6.07) is 9.97. The third-order valence-corrected chi connectivity index (χ3v) is 4.75. The summed E-state index contributed by atoms with van der Waals surface area (Å²) in [5, 5.41) is 10.5. The van der Waals surface area contributed by atoms with E-state index in [4.69, 9.17) is 0 Å². The van der Waals surface area contributed by atoms with Crippen molar-refractivity contribution in [3.63, 3.8) is 0 Å². The number of aromatic hydroxyl groups is 1. The maximum atomic E-state index is 13.9. The molecular weight excluding hydrogens is 325 g/mol. The zero-order valence-corrected chi connectivity index (χ0v) is 14.4. The molecule has 1 heterocycles. The van der Waals surface area contributed by atoms with E-state index in [1.165, 1.54) is 12.1 Å². The molecule has 0 spiro atoms. The first-order chi connectivity index (χ1) is 11.4. The second kappa shape index (κ2) is 6.17. The van der Waals surface area contributed by atoms with Crippen LogP contribution >= 0.6 is 11.3 Å². The van der Waals surface area contributed by atoms with Crippen molar-refractivity contribution in [3.05, 3.63) is 68.4 Å². The molecule has 1 N–H and O–H groups in total. The van der Waals surface area contributed by atoms with Gasteiger partial charge in [0.05, 0.1) is 0 Å². The second-order valence-electron chi connectivity index (χ2n) is 5.76. The lowest BCUT2D eigenvalue weighted by Gasteiger charge is -2.12. The predicted octanol–water partition coefficient (Wildman–Crippen LogP) is 4.61. The van der Waals surface area contributed by atoms with Gasteiger partial charge in [-0.3, -0.25) is 4.79 Å². The molecule has 0 aliphatic rings. The van der Waals surface area contributed by atoms with Gasteiger partial charge >= 0.3 is 0 Å². The zero-order chi connectivity index (χ0) is 17.4. The summed E-state index contributed by atoms with van der Waals surface area (Å²) in [5.41, 5.74) is 3.95. The summed E-state index contributed by atoms with van der Waals surface area (Å²) in [6.07, 6.45) is 0. The molecule has 0 atom stereocenters. The SMILES string of the molecule is Cc1cc(C)c(-c2c(O)nc(-c3ccccc3F)sc2=O)c(C)c1. The van der Waals surface area contributed by atoms with E-state index in [9.17, 15) is 14.3 Å². The Kier molecular flexibility index (Phi) is 4.20. The quantitative estimate of drug-likeness (QED) is 0.741. The van der Waals surface area contributed by atoms with Crippen LogP contribution in [0.15, 0.2) is 41.2 Å². The number of aryl methyl sites for hydroxylation is 3. The van der Waals surface area contributed by atoms with Crippen LogP contribution in [0, 0.1) is 26.6 Å². The van der Waals surface area contributed by atoms with Crippen molar-refractivity contribution in [2.75, 3.05) is 0 Å². The zero-order valence-electron chi connectivity index (χ0n) is 13.6. The van der Waals surface area contributed by atoms with Gasteiger partial charge in [0.25, 0.3) is 0 Å². The predicted molar refractivity (Wildman–Crippen MR) is 95.1 cm³/mol. The highest BCUT2D eigenvalue weighted by Crippen LogP contribution is 2.34. The van der Waals surface area contributed by atoms with Gasteiger partial charge in [-0.05, 0) is 49.6 Å². The van der Waals surface area contributed by atoms with E-state index in [-0.39, 0.29) is 26.8 Å². The summed E-state index contributed by atoms with van der Waals surface area (Å²) >= 11 is 0.835. The molecule has 3 rings (SSSR count). The monoisotopic (exact) mass is 341 g/mol. The van der Waals surface area contributed by atoms with E-state index in [2.05, 4.69) is 4.98 Å². The number of aromatic nitrogens is 1. The molecule has 122 valence electrons. The van der Waals surface area contributed by atoms with Crippen molar-refractivity contribution in [1.82, 2.24) is 4.98 Å². The lowest BCUT2D eigenvalue weighted by atomic mass is 9.95. The largest absolute Gasteiger partial charge is 0.493 e. The third-order valence-electron chi connectivity index (χ3n) is 3.86. The van der Waals surface area contributed by atoms with E-state index >= 15 is 0 Å². The van der Waals surface area contributed by atoms with Crippen LogP contribution < -0.4 is 4.74 Å². The van der Waals surface area contributed by atoms with Crippen LogP contribution in [0.2, 0.25) is 0 Å². The molecule has 3 nitrogen and oxygen atoms in total. The fourth-order valence-corrected chi connectivity index (χ4v) is 3.82. The Balaban J connectivity index is 2.24. The van der Waals surface area contributed by atoms with Crippen LogP contribution in [-0.4, -0.2) is 10.1 Å². The molecule has 0 fully saturated rings. The van der Waals surface area contributed by atoms with E-state index in [1.54, 1.807) is 12.1 Å². The maximum Gasteiger partial charge on any atom is 0.247 e. The molecule has 0 bridgehead atoms. The molecule has 0 aliphatic carbocycles. The fraction of sp³-hybridized carbons (Fsp3) is 0.158. The molecule has 0 unspecified atom stereocenters. The molecule has 0 saturated carbocycles. The first kappa shape index (κ1) is 16.3. The van der Waals surface area contributed by atoms with Gasteiger partial charge in [-0.2, -0.15) is 0 Å². The maximum absolute atomic E-state index is 13.9. The van der Waals surface area contributed by atoms with Gasteiger partial charge in [-0.1, -0.05) is 41.2 Å². The van der Waals surface area contributed by atoms with Gasteiger partial charge in [-0.25, -0.2) is 9.37 Å². The van der Waals surface area contributed by atoms with E-state index in [1.807, 2.05) is 32.9 Å². The Hall–Kier alpha value is -2.53. The Morgan fingerprint density at radius 1 is 1.04 bits per heavy atom. The van der Waals surface area contributed by atoms with Crippen molar-refractivity contribution in [2.24, 2.45) is 0 Å². The van der Waals surface area contributed by atoms with Crippen LogP contribution in [0.1, 0.15) is 16.7 Å². The molecule has 0 aliphatic heterocycles. The van der Waals surface area contributed by atoms with Crippen LogP contribution in [0.25, 0.3) is 21.7 Å². The van der Waals surface area contributed by atoms with Crippen LogP contribution in [0.3, 0.4) is 0 Å². The van der Waals surface area contributed by atoms with Crippen LogP contribution in [-0.2, 0) is 0 Å². The highest BCUT2D eigenvalue weighted by Gasteiger charge is 2.19. The molecule has 24 heavy (non-hydrogen) atoms. The lowest BCUT2D eigenvalue weighted by molar-refractivity contribution is 0.456. The van der Waals surface area contributed by atoms with Crippen molar-refractivity contribution in [1.29, 1.82) is 0 Å². The van der Waals surface area contributed by atoms with Crippen molar-refractivity contribution in [3.8, 4) is 27.6 Å². The summed E-state index contributed by atoms with van der Waals surface area (Å²) in [4.78, 5) is 16.7. The highest BCUT2D eigenvalue weighted by molar-refractivity contribution is 7.12. The summed E-state index contributed by atoms with van der Waals surface area (Å²) in [7, 11) is 0. The number of hydrogen-bond donors (Lipinski definition) is 1. The molecule has 0 radical (unpaired) electrons. The Labute approximate surface area is 143 Å². The molecular formula is C19H16FNO2S. The molecule has 3 aromatic rings. The summed E-state index contributed by atoms with van der Waals surface area (Å²) < 4.78 is 13.6. The standard InChI is InChI=1S/C19H16FNO2S/c1-10-8-11(2)15(12(3)9-10)16-17(22)21-18(24-19(16)23)13-6-4-5-7-14(13)20/h4-9,22H,1-3H3. The van der Waals surface area contributed by atoms with E-state index in [0.717, 1.165) is 28.0 Å². The smallest absolute Gasteiger partial charge is 0.247 e. The van der Waals surface area contributed by atoms with E-state index < -0.39 is 5.82 Å². The average molecular weight is 341 g/mol. The number of nitrogens with zero attached hydrogens (tertiary/aromatic N) is 1. The van der Waals surface area contributed by atoms with Crippen LogP contribution in [0.4, 0.5) is 4.39 Å². The first-order valence-corrected chi connectivity index (χ1v) is 8.27. The first-order valence-electron chi connectivity index (χ1n) is 7.45. The minimum absolute atomic E-state index is 0.168. The van der Waals surface area contributed by atoms with Gasteiger partial charge in [0.2, 0.25) is 10.6 Å². The molecule has 5 heteroatoms. The Bertz CT molecular complexity index is 972. The number of benzene rings is 2. The molecule has 0 saturated heterocycles. The van der Waals surface area contributed by atoms with Gasteiger partial charge < -0.3 is 5.11 Å². The fourth-order valence-electron chi connectivity index (χ4n) is 2.94. The molecule has 2 aromatic carbocycles.